The molecule has 0 aromatic carbocycles. The predicted octanol–water partition coefficient (Wildman–Crippen LogP) is 21.4. The molecule has 0 saturated heterocycles. The molecule has 0 fully saturated rings. The maximum atomic E-state index is 12.4. The number of esters is 1. The summed E-state index contributed by atoms with van der Waals surface area (Å²) in [6, 6.07) is -0.627. The van der Waals surface area contributed by atoms with Crippen molar-refractivity contribution in [3.8, 4) is 0 Å². The fourth-order valence-corrected chi connectivity index (χ4v) is 10.6. The van der Waals surface area contributed by atoms with E-state index < -0.39 is 12.1 Å². The summed E-state index contributed by atoms with van der Waals surface area (Å²) in [4.78, 5) is 24.5. The van der Waals surface area contributed by atoms with Gasteiger partial charge in [0.25, 0.3) is 0 Å². The zero-order chi connectivity index (χ0) is 53.6. The molecule has 0 bridgehead atoms. The predicted molar refractivity (Wildman–Crippen MR) is 324 cm³/mol. The Morgan fingerprint density at radius 3 is 0.959 bits per heavy atom. The van der Waals surface area contributed by atoms with Crippen LogP contribution >= 0.6 is 0 Å². The van der Waals surface area contributed by atoms with Crippen molar-refractivity contribution in [1.29, 1.82) is 0 Å². The number of nitrogens with one attached hydrogen (secondary N) is 1. The highest BCUT2D eigenvalue weighted by Crippen LogP contribution is 2.18. The highest BCUT2D eigenvalue weighted by atomic mass is 16.5. The number of amides is 1. The van der Waals surface area contributed by atoms with E-state index in [2.05, 4.69) is 31.3 Å². The number of hydrogen-bond acceptors (Lipinski definition) is 5. The van der Waals surface area contributed by atoms with Crippen LogP contribution in [0, 0.1) is 0 Å². The summed E-state index contributed by atoms with van der Waals surface area (Å²) in [7, 11) is 0. The normalized spacial score (nSPS) is 12.6. The van der Waals surface area contributed by atoms with Gasteiger partial charge in [-0.3, -0.25) is 9.59 Å². The molecule has 438 valence electrons. The van der Waals surface area contributed by atoms with E-state index in [1.54, 1.807) is 6.08 Å². The van der Waals surface area contributed by atoms with E-state index in [9.17, 15) is 19.8 Å². The molecule has 0 aliphatic carbocycles. The van der Waals surface area contributed by atoms with Crippen LogP contribution in [0.25, 0.3) is 0 Å². The Kier molecular flexibility index (Phi) is 62.4. The van der Waals surface area contributed by atoms with Crippen molar-refractivity contribution in [3.63, 3.8) is 0 Å². The molecule has 0 aromatic rings. The van der Waals surface area contributed by atoms with Crippen molar-refractivity contribution in [2.75, 3.05) is 13.2 Å². The molecule has 74 heavy (non-hydrogen) atoms. The molecule has 0 aliphatic heterocycles. The summed E-state index contributed by atoms with van der Waals surface area (Å²) in [5.41, 5.74) is 0. The first-order valence-corrected chi connectivity index (χ1v) is 33.6. The molecule has 2 unspecified atom stereocenters. The minimum Gasteiger partial charge on any atom is -0.466 e. The Labute approximate surface area is 462 Å². The molecule has 0 saturated carbocycles. The van der Waals surface area contributed by atoms with E-state index in [4.69, 9.17) is 4.74 Å². The Morgan fingerprint density at radius 1 is 0.365 bits per heavy atom. The zero-order valence-corrected chi connectivity index (χ0v) is 50.1. The Morgan fingerprint density at radius 2 is 0.635 bits per heavy atom. The summed E-state index contributed by atoms with van der Waals surface area (Å²) in [6.07, 6.45) is 79.6. The van der Waals surface area contributed by atoms with E-state index in [1.165, 1.54) is 308 Å². The minimum absolute atomic E-state index is 0.0196. The summed E-state index contributed by atoms with van der Waals surface area (Å²) >= 11 is 0. The average Bonchev–Trinajstić information content (AvgIpc) is 3.40. The number of aliphatic hydroxyl groups excluding tert-OH is 2. The number of rotatable bonds is 63. The van der Waals surface area contributed by atoms with Crippen LogP contribution in [0.5, 0.6) is 0 Å². The number of allylic oxidation sites excluding steroid dienone is 3. The van der Waals surface area contributed by atoms with Gasteiger partial charge in [0, 0.05) is 12.8 Å². The molecule has 0 rings (SSSR count). The van der Waals surface area contributed by atoms with Gasteiger partial charge in [-0.1, -0.05) is 327 Å². The van der Waals surface area contributed by atoms with E-state index in [1.807, 2.05) is 6.08 Å². The summed E-state index contributed by atoms with van der Waals surface area (Å²) < 4.78 is 5.51. The number of carbonyl (C=O) groups excluding carboxylic acids is 2. The second-order valence-corrected chi connectivity index (χ2v) is 23.2. The third kappa shape index (κ3) is 59.6. The van der Waals surface area contributed by atoms with E-state index in [0.717, 1.165) is 38.5 Å². The second kappa shape index (κ2) is 63.9. The van der Waals surface area contributed by atoms with Crippen molar-refractivity contribution in [3.05, 3.63) is 24.3 Å². The Hall–Kier alpha value is -1.66. The quantitative estimate of drug-likeness (QED) is 0.0320. The molecule has 0 aliphatic rings. The molecule has 0 radical (unpaired) electrons. The van der Waals surface area contributed by atoms with Gasteiger partial charge in [-0.05, 0) is 57.8 Å². The van der Waals surface area contributed by atoms with Crippen LogP contribution in [0.15, 0.2) is 24.3 Å². The van der Waals surface area contributed by atoms with Crippen molar-refractivity contribution < 1.29 is 24.5 Å². The molecule has 0 heterocycles. The van der Waals surface area contributed by atoms with Gasteiger partial charge >= 0.3 is 5.97 Å². The lowest BCUT2D eigenvalue weighted by atomic mass is 10.0. The number of unbranched alkanes of at least 4 members (excludes halogenated alkanes) is 50. The summed E-state index contributed by atoms with van der Waals surface area (Å²) in [6.45, 7) is 4.93. The van der Waals surface area contributed by atoms with Crippen LogP contribution in [0.4, 0.5) is 0 Å². The molecule has 0 aromatic heterocycles. The highest BCUT2D eigenvalue weighted by molar-refractivity contribution is 5.76. The second-order valence-electron chi connectivity index (χ2n) is 23.2. The van der Waals surface area contributed by atoms with Gasteiger partial charge in [0.15, 0.2) is 0 Å². The minimum atomic E-state index is -0.843. The first-order chi connectivity index (χ1) is 36.5. The van der Waals surface area contributed by atoms with Gasteiger partial charge < -0.3 is 20.3 Å². The van der Waals surface area contributed by atoms with Gasteiger partial charge in [0.2, 0.25) is 5.91 Å². The van der Waals surface area contributed by atoms with Crippen molar-refractivity contribution in [1.82, 2.24) is 5.32 Å². The van der Waals surface area contributed by atoms with Crippen LogP contribution in [-0.2, 0) is 14.3 Å². The van der Waals surface area contributed by atoms with Crippen LogP contribution < -0.4 is 5.32 Å². The summed E-state index contributed by atoms with van der Waals surface area (Å²) in [5.74, 6) is -0.0485. The fraction of sp³-hybridized carbons (Fsp3) is 0.912. The van der Waals surface area contributed by atoms with Gasteiger partial charge in [0.05, 0.1) is 25.4 Å². The van der Waals surface area contributed by atoms with E-state index >= 15 is 0 Å². The number of ether oxygens (including phenoxy) is 1. The topological polar surface area (TPSA) is 95.9 Å². The van der Waals surface area contributed by atoms with Gasteiger partial charge in [-0.2, -0.15) is 0 Å². The molecule has 2 atom stereocenters. The van der Waals surface area contributed by atoms with Crippen LogP contribution in [0.3, 0.4) is 0 Å². The molecule has 1 amide bonds. The van der Waals surface area contributed by atoms with Gasteiger partial charge in [0.1, 0.15) is 0 Å². The molecule has 6 nitrogen and oxygen atoms in total. The molecule has 0 spiro atoms. The molecule has 6 heteroatoms. The van der Waals surface area contributed by atoms with E-state index in [-0.39, 0.29) is 18.5 Å². The van der Waals surface area contributed by atoms with Crippen LogP contribution in [0.1, 0.15) is 373 Å². The van der Waals surface area contributed by atoms with Crippen molar-refractivity contribution in [2.24, 2.45) is 0 Å². The molecule has 3 N–H and O–H groups in total. The largest absolute Gasteiger partial charge is 0.466 e. The van der Waals surface area contributed by atoms with Crippen molar-refractivity contribution >= 4 is 11.9 Å². The smallest absolute Gasteiger partial charge is 0.305 e. The molecular weight excluding hydrogens is 911 g/mol. The van der Waals surface area contributed by atoms with Crippen LogP contribution in [-0.4, -0.2) is 47.4 Å². The number of aliphatic hydroxyl groups is 2. The lowest BCUT2D eigenvalue weighted by Crippen LogP contribution is -2.45. The highest BCUT2D eigenvalue weighted by Gasteiger charge is 2.18. The SMILES string of the molecule is CCCCCCCCCCCC/C=C/C(O)C(CO)NC(=O)CCCCCCCCCCCCC/C=C\CCCCCCCCCCCCCCOC(=O)CCCCCCCCCCCCCCCCCCCC. The zero-order valence-electron chi connectivity index (χ0n) is 50.1. The first-order valence-electron chi connectivity index (χ1n) is 33.6. The van der Waals surface area contributed by atoms with Gasteiger partial charge in [-0.25, -0.2) is 0 Å². The van der Waals surface area contributed by atoms with Crippen LogP contribution in [0.2, 0.25) is 0 Å². The first kappa shape index (κ1) is 72.3. The third-order valence-corrected chi connectivity index (χ3v) is 15.7. The average molecular weight is 1040 g/mol. The standard InChI is InChI=1S/C68H131NO5/c1-3-5-7-9-11-13-15-17-18-19-32-35-38-42-46-50-54-58-62-68(73)74-63-59-55-51-47-43-39-36-33-30-28-26-24-22-20-21-23-25-27-29-31-34-37-41-45-49-53-57-61-67(72)69-65(64-70)66(71)60-56-52-48-44-40-16-14-12-10-8-6-4-2/h20-21,56,60,65-66,70-71H,3-19,22-55,57-59,61-64H2,1-2H3,(H,69,72)/b21-20-,60-56+. The monoisotopic (exact) mass is 1040 g/mol. The molecular formula is C68H131NO5. The third-order valence-electron chi connectivity index (χ3n) is 15.7. The lowest BCUT2D eigenvalue weighted by Gasteiger charge is -2.20. The maximum Gasteiger partial charge on any atom is 0.305 e. The Balaban J connectivity index is 3.36. The number of carbonyl (C=O) groups is 2. The maximum absolute atomic E-state index is 12.4. The van der Waals surface area contributed by atoms with Crippen molar-refractivity contribution in [2.45, 2.75) is 386 Å². The fourth-order valence-electron chi connectivity index (χ4n) is 10.6. The lowest BCUT2D eigenvalue weighted by molar-refractivity contribution is -0.143. The Bertz CT molecular complexity index is 1150. The number of hydrogen-bond donors (Lipinski definition) is 3. The van der Waals surface area contributed by atoms with E-state index in [0.29, 0.717) is 19.4 Å². The summed E-state index contributed by atoms with van der Waals surface area (Å²) in [5, 5.41) is 23.1. The van der Waals surface area contributed by atoms with Gasteiger partial charge in [-0.15, -0.1) is 0 Å².